The second-order valence-electron chi connectivity index (χ2n) is 8.21. The third-order valence-electron chi connectivity index (χ3n) is 5.71. The Balaban J connectivity index is 1.71. The summed E-state index contributed by atoms with van der Waals surface area (Å²) in [5.41, 5.74) is 3.53. The molecule has 3 N–H and O–H groups in total. The molecule has 0 saturated carbocycles. The van der Waals surface area contributed by atoms with E-state index in [1.807, 2.05) is 0 Å². The lowest BCUT2D eigenvalue weighted by Crippen LogP contribution is -2.23. The fourth-order valence-electron chi connectivity index (χ4n) is 4.24. The predicted molar refractivity (Wildman–Crippen MR) is 115 cm³/mol. The van der Waals surface area contributed by atoms with Crippen LogP contribution in [-0.4, -0.2) is 26.6 Å². The van der Waals surface area contributed by atoms with Crippen LogP contribution in [0.4, 0.5) is 32.0 Å². The van der Waals surface area contributed by atoms with Crippen molar-refractivity contribution in [3.63, 3.8) is 0 Å². The zero-order valence-corrected chi connectivity index (χ0v) is 19.0. The van der Waals surface area contributed by atoms with E-state index < -0.39 is 42.1 Å². The van der Waals surface area contributed by atoms with Crippen molar-refractivity contribution in [3.8, 4) is 0 Å². The molecule has 0 fully saturated rings. The van der Waals surface area contributed by atoms with Crippen LogP contribution in [0.15, 0.2) is 6.07 Å². The quantitative estimate of drug-likeness (QED) is 0.380. The van der Waals surface area contributed by atoms with Gasteiger partial charge >= 0.3 is 12.4 Å². The molecular weight excluding hydrogens is 500 g/mol. The molecule has 3 heterocycles. The molecule has 35 heavy (non-hydrogen) atoms. The molecule has 0 saturated heterocycles. The fourth-order valence-corrected chi connectivity index (χ4v) is 5.30. The number of hydrogen-bond donors (Lipinski definition) is 2. The van der Waals surface area contributed by atoms with E-state index in [4.69, 9.17) is 5.73 Å². The van der Waals surface area contributed by atoms with E-state index >= 15 is 0 Å². The first-order valence-corrected chi connectivity index (χ1v) is 11.4. The number of fused-ring (bicyclic) bond motifs is 2. The van der Waals surface area contributed by atoms with Crippen molar-refractivity contribution in [3.05, 3.63) is 39.2 Å². The largest absolute Gasteiger partial charge is 0.435 e. The Bertz CT molecular complexity index is 1320. The Kier molecular flexibility index (Phi) is 6.28. The van der Waals surface area contributed by atoms with Gasteiger partial charge in [-0.15, -0.1) is 11.3 Å². The molecule has 0 unspecified atom stereocenters. The van der Waals surface area contributed by atoms with Crippen molar-refractivity contribution in [2.24, 2.45) is 5.73 Å². The van der Waals surface area contributed by atoms with Crippen molar-refractivity contribution >= 4 is 39.1 Å². The number of primary amides is 1. The van der Waals surface area contributed by atoms with E-state index in [-0.39, 0.29) is 38.3 Å². The van der Waals surface area contributed by atoms with Crippen LogP contribution in [0.3, 0.4) is 0 Å². The molecule has 14 heteroatoms. The fraction of sp³-hybridized carbons (Fsp3) is 0.429. The number of nitrogens with one attached hydrogen (secondary N) is 1. The van der Waals surface area contributed by atoms with Gasteiger partial charge in [0.2, 0.25) is 5.91 Å². The first-order valence-electron chi connectivity index (χ1n) is 10.5. The summed E-state index contributed by atoms with van der Waals surface area (Å²) in [6.45, 7) is 0.774. The topological polar surface area (TPSA) is 103 Å². The number of aromatic nitrogens is 3. The van der Waals surface area contributed by atoms with E-state index in [0.717, 1.165) is 17.2 Å². The van der Waals surface area contributed by atoms with Gasteiger partial charge in [0.15, 0.2) is 5.69 Å². The number of aryl methyl sites for hydroxylation is 1. The van der Waals surface area contributed by atoms with Gasteiger partial charge in [-0.1, -0.05) is 6.42 Å². The summed E-state index contributed by atoms with van der Waals surface area (Å²) in [4.78, 5) is 28.0. The number of hydrogen-bond acceptors (Lipinski definition) is 5. The molecule has 0 spiro atoms. The third-order valence-corrected chi connectivity index (χ3v) is 6.80. The highest BCUT2D eigenvalue weighted by Gasteiger charge is 2.39. The number of carbonyl (C=O) groups is 2. The molecule has 0 aliphatic heterocycles. The van der Waals surface area contributed by atoms with E-state index in [0.29, 0.717) is 36.3 Å². The number of halogens is 6. The number of alkyl halides is 6. The Labute approximate surface area is 198 Å². The van der Waals surface area contributed by atoms with Crippen molar-refractivity contribution in [2.75, 3.05) is 5.32 Å². The number of amides is 2. The van der Waals surface area contributed by atoms with Crippen molar-refractivity contribution < 1.29 is 35.9 Å². The van der Waals surface area contributed by atoms with E-state index in [1.165, 1.54) is 6.92 Å². The van der Waals surface area contributed by atoms with Crippen LogP contribution in [0.5, 0.6) is 0 Å². The van der Waals surface area contributed by atoms with E-state index in [2.05, 4.69) is 15.4 Å². The summed E-state index contributed by atoms with van der Waals surface area (Å²) >= 11 is 0.586. The minimum atomic E-state index is -4.73. The molecule has 0 radical (unpaired) electrons. The van der Waals surface area contributed by atoms with Crippen molar-refractivity contribution in [2.45, 2.75) is 57.9 Å². The monoisotopic (exact) mass is 519 g/mol. The third kappa shape index (κ3) is 4.83. The van der Waals surface area contributed by atoms with Crippen LogP contribution in [0.25, 0.3) is 10.2 Å². The lowest BCUT2D eigenvalue weighted by atomic mass is 10.1. The molecule has 0 aromatic carbocycles. The Morgan fingerprint density at radius 2 is 1.80 bits per heavy atom. The van der Waals surface area contributed by atoms with E-state index in [9.17, 15) is 35.9 Å². The Morgan fingerprint density at radius 3 is 2.43 bits per heavy atom. The highest BCUT2D eigenvalue weighted by molar-refractivity contribution is 7.21. The lowest BCUT2D eigenvalue weighted by Gasteiger charge is -2.11. The molecule has 3 aromatic heterocycles. The number of carbonyl (C=O) groups excluding carboxylic acids is 2. The second kappa shape index (κ2) is 8.81. The molecule has 1 aliphatic rings. The minimum Gasteiger partial charge on any atom is -0.365 e. The molecule has 1 aliphatic carbocycles. The van der Waals surface area contributed by atoms with Gasteiger partial charge < -0.3 is 11.1 Å². The second-order valence-corrected chi connectivity index (χ2v) is 9.21. The first kappa shape index (κ1) is 24.9. The number of pyridine rings is 1. The molecule has 2 amide bonds. The molecule has 3 aromatic rings. The van der Waals surface area contributed by atoms with Gasteiger partial charge in [-0.2, -0.15) is 31.4 Å². The Hall–Kier alpha value is -3.16. The summed E-state index contributed by atoms with van der Waals surface area (Å²) in [7, 11) is 0. The molecule has 0 atom stereocenters. The van der Waals surface area contributed by atoms with Gasteiger partial charge in [0, 0.05) is 16.6 Å². The summed E-state index contributed by atoms with van der Waals surface area (Å²) in [5.74, 6) is -1.81. The molecular formula is C21H19F6N5O2S. The summed E-state index contributed by atoms with van der Waals surface area (Å²) < 4.78 is 81.1. The normalized spacial score (nSPS) is 14.6. The van der Waals surface area contributed by atoms with Crippen LogP contribution in [0.1, 0.15) is 57.1 Å². The average molecular weight is 519 g/mol. The summed E-state index contributed by atoms with van der Waals surface area (Å²) in [6.07, 6.45) is -6.94. The lowest BCUT2D eigenvalue weighted by molar-refractivity contribution is -0.142. The van der Waals surface area contributed by atoms with Gasteiger partial charge in [0.05, 0.1) is 5.69 Å². The minimum absolute atomic E-state index is 0.0707. The maximum Gasteiger partial charge on any atom is 0.435 e. The average Bonchev–Trinajstić information content (AvgIpc) is 3.16. The van der Waals surface area contributed by atoms with Crippen molar-refractivity contribution in [1.29, 1.82) is 0 Å². The summed E-state index contributed by atoms with van der Waals surface area (Å²) in [5, 5.41) is 6.19. The maximum absolute atomic E-state index is 13.5. The summed E-state index contributed by atoms with van der Waals surface area (Å²) in [6, 6.07) is 0.776. The van der Waals surface area contributed by atoms with Crippen LogP contribution in [-0.2, 0) is 36.5 Å². The van der Waals surface area contributed by atoms with Gasteiger partial charge in [0.25, 0.3) is 5.91 Å². The van der Waals surface area contributed by atoms with Crippen LogP contribution in [0.2, 0.25) is 0 Å². The molecule has 4 rings (SSSR count). The number of anilines is 1. The van der Waals surface area contributed by atoms with Crippen molar-refractivity contribution in [1.82, 2.24) is 14.8 Å². The maximum atomic E-state index is 13.5. The van der Waals surface area contributed by atoms with E-state index in [1.54, 1.807) is 0 Å². The SMILES string of the molecule is Cc1cc(C(F)(F)F)nc2sc(C(N)=O)c(NC(=O)Cn3nc(C(F)(F)F)c4c3CCCCC4)c12. The molecule has 0 bridgehead atoms. The standard InChI is InChI=1S/C21H19F6N5O2S/c1-9-7-12(20(22,23)24)29-19-14(9)15(16(35-19)18(28)34)30-13(33)8-32-11-6-4-2-3-5-10(11)17(31-32)21(25,26)27/h7H,2-6,8H2,1H3,(H2,28,34)(H,30,33). The van der Waals surface area contributed by atoms with Gasteiger partial charge in [-0.3, -0.25) is 14.3 Å². The highest BCUT2D eigenvalue weighted by Crippen LogP contribution is 2.40. The van der Waals surface area contributed by atoms with Gasteiger partial charge in [-0.25, -0.2) is 4.98 Å². The zero-order valence-electron chi connectivity index (χ0n) is 18.2. The van der Waals surface area contributed by atoms with Gasteiger partial charge in [0.1, 0.15) is 21.9 Å². The van der Waals surface area contributed by atoms with Crippen LogP contribution in [0, 0.1) is 6.92 Å². The predicted octanol–water partition coefficient (Wildman–Crippen LogP) is 4.85. The zero-order chi connectivity index (χ0) is 25.7. The number of nitrogens with zero attached hydrogens (tertiary/aromatic N) is 3. The first-order chi connectivity index (χ1) is 16.3. The smallest absolute Gasteiger partial charge is 0.365 e. The highest BCUT2D eigenvalue weighted by atomic mass is 32.1. The number of rotatable bonds is 4. The number of thiophene rings is 1. The van der Waals surface area contributed by atoms with Gasteiger partial charge in [-0.05, 0) is 44.2 Å². The number of nitrogens with two attached hydrogens (primary N) is 1. The van der Waals surface area contributed by atoms with Crippen LogP contribution < -0.4 is 11.1 Å². The van der Waals surface area contributed by atoms with Crippen LogP contribution >= 0.6 is 11.3 Å². The molecule has 7 nitrogen and oxygen atoms in total. The Morgan fingerprint density at radius 1 is 1.11 bits per heavy atom. The molecule has 188 valence electrons.